The third-order valence-corrected chi connectivity index (χ3v) is 13.2. The number of aromatic nitrogens is 4. The van der Waals surface area contributed by atoms with Crippen LogP contribution in [0.4, 0.5) is 0 Å². The van der Waals surface area contributed by atoms with E-state index in [1.165, 1.54) is 0 Å². The van der Waals surface area contributed by atoms with Gasteiger partial charge in [-0.3, -0.25) is 15.0 Å². The van der Waals surface area contributed by atoms with E-state index >= 15 is 0 Å². The van der Waals surface area contributed by atoms with Crippen LogP contribution in [-0.2, 0) is 0 Å². The zero-order valence-electron chi connectivity index (χ0n) is 65.3. The Morgan fingerprint density at radius 3 is 1.33 bits per heavy atom. The van der Waals surface area contributed by atoms with Gasteiger partial charge in [0.25, 0.3) is 0 Å². The zero-order valence-corrected chi connectivity index (χ0v) is 49.3. The minimum absolute atomic E-state index is 0.271. The van der Waals surface area contributed by atoms with Gasteiger partial charge in [0.15, 0.2) is 11.2 Å². The normalized spacial score (nSPS) is 13.7. The van der Waals surface area contributed by atoms with Gasteiger partial charge in [0.2, 0.25) is 5.71 Å². The average molecular weight is 1170 g/mol. The number of hydrogen-bond acceptors (Lipinski definition) is 8. The smallest absolute Gasteiger partial charge is 0.227 e. The third-order valence-electron chi connectivity index (χ3n) is 13.2. The van der Waals surface area contributed by atoms with E-state index < -0.39 is 27.4 Å². The molecular formula is C80H76N4O4. The summed E-state index contributed by atoms with van der Waals surface area (Å²) in [7, 11) is 0. The summed E-state index contributed by atoms with van der Waals surface area (Å²) in [5, 5.41) is 7.32. The molecular weight excluding hydrogens is 1080 g/mol. The van der Waals surface area contributed by atoms with Crippen molar-refractivity contribution >= 4 is 88.0 Å². The number of fused-ring (bicyclic) bond motifs is 12. The topological polar surface area (TPSA) is 104 Å². The van der Waals surface area contributed by atoms with Crippen LogP contribution in [0.5, 0.6) is 0 Å². The first-order valence-electron chi connectivity index (χ1n) is 36.9. The lowest BCUT2D eigenvalue weighted by atomic mass is 10.0. The Morgan fingerprint density at radius 2 is 0.750 bits per heavy atom. The minimum Gasteiger partial charge on any atom is -0.455 e. The highest BCUT2D eigenvalue weighted by molar-refractivity contribution is 6.11. The van der Waals surface area contributed by atoms with Crippen molar-refractivity contribution in [3.8, 4) is 44.5 Å². The molecule has 0 saturated heterocycles. The fourth-order valence-corrected chi connectivity index (χ4v) is 9.66. The van der Waals surface area contributed by atoms with Gasteiger partial charge in [-0.2, -0.15) is 0 Å². The minimum atomic E-state index is -1.71. The van der Waals surface area contributed by atoms with Crippen LogP contribution in [0.25, 0.3) is 133 Å². The molecule has 16 rings (SSSR count). The summed E-state index contributed by atoms with van der Waals surface area (Å²) >= 11 is 0. The molecule has 8 aromatic heterocycles. The maximum absolute atomic E-state index is 7.76. The molecule has 0 bridgehead atoms. The highest BCUT2D eigenvalue weighted by atomic mass is 16.3. The Morgan fingerprint density at radius 1 is 0.307 bits per heavy atom. The number of para-hydroxylation sites is 4. The maximum atomic E-state index is 7.76. The van der Waals surface area contributed by atoms with Gasteiger partial charge in [-0.05, 0) is 64.7 Å². The molecule has 8 aromatic carbocycles. The van der Waals surface area contributed by atoms with Crippen molar-refractivity contribution in [1.29, 1.82) is 0 Å². The number of pyridine rings is 4. The van der Waals surface area contributed by atoms with Crippen LogP contribution < -0.4 is 0 Å². The molecule has 16 aromatic rings. The summed E-state index contributed by atoms with van der Waals surface area (Å²) < 4.78 is 133. The molecule has 0 aliphatic heterocycles. The van der Waals surface area contributed by atoms with Crippen LogP contribution in [0.15, 0.2) is 285 Å². The quantitative estimate of drug-likeness (QED) is 0.172. The van der Waals surface area contributed by atoms with E-state index in [2.05, 4.69) is 26.0 Å². The fraction of sp³-hybridized carbons (Fsp3) is 0.150. The summed E-state index contributed by atoms with van der Waals surface area (Å²) in [5.41, 5.74) is 15.1. The van der Waals surface area contributed by atoms with Crippen LogP contribution in [0.2, 0.25) is 0 Å². The predicted octanol–water partition coefficient (Wildman–Crippen LogP) is 24.3. The SMILES string of the molecule is [2H]C([2H])([2H])CC.[2H]C([2H])([2H])CC.[2H]C([2H])([2H])CC.[2H]C([2H])([2H])CC.[2H]c1cccc(-c2cccc3c2oc2cnccc23)c1.[2H]c1cccc(-c2cccc3c2oc2ncccc23)c1.[2H]c1cccc(-c2ccnc3c2oc2ccccc23)c1.[2H]c1cccc(-c2cncc3c2oc2ccccc23)c1. The van der Waals surface area contributed by atoms with Gasteiger partial charge in [0.05, 0.1) is 11.7 Å². The molecule has 8 nitrogen and oxygen atoms in total. The van der Waals surface area contributed by atoms with Crippen LogP contribution in [0.3, 0.4) is 0 Å². The summed E-state index contributed by atoms with van der Waals surface area (Å²) in [6, 6.07) is 67.7. The molecule has 0 radical (unpaired) electrons. The molecule has 0 unspecified atom stereocenters. The number of benzene rings is 8. The van der Waals surface area contributed by atoms with E-state index in [0.29, 0.717) is 29.9 Å². The van der Waals surface area contributed by atoms with Gasteiger partial charge >= 0.3 is 0 Å². The zero-order chi connectivity index (χ0) is 74.9. The molecule has 8 heterocycles. The van der Waals surface area contributed by atoms with Crippen molar-refractivity contribution in [3.63, 3.8) is 0 Å². The average Bonchev–Trinajstić information content (AvgIpc) is 1.65. The lowest BCUT2D eigenvalue weighted by molar-refractivity contribution is 0.655. The van der Waals surface area contributed by atoms with Crippen LogP contribution in [-0.4, -0.2) is 19.9 Å². The van der Waals surface area contributed by atoms with Crippen molar-refractivity contribution in [1.82, 2.24) is 19.9 Å². The maximum Gasteiger partial charge on any atom is 0.227 e. The second-order valence-corrected chi connectivity index (χ2v) is 19.2. The van der Waals surface area contributed by atoms with Crippen LogP contribution in [0, 0.1) is 0 Å². The lowest BCUT2D eigenvalue weighted by Crippen LogP contribution is -1.80. The lowest BCUT2D eigenvalue weighted by Gasteiger charge is -2.01. The van der Waals surface area contributed by atoms with Crippen molar-refractivity contribution in [2.75, 3.05) is 0 Å². The second-order valence-electron chi connectivity index (χ2n) is 19.2. The first-order chi connectivity index (χ1) is 49.5. The van der Waals surface area contributed by atoms with Crippen LogP contribution >= 0.6 is 0 Å². The molecule has 0 saturated carbocycles. The Kier molecular flexibility index (Phi) is 15.8. The fourth-order valence-electron chi connectivity index (χ4n) is 9.66. The van der Waals surface area contributed by atoms with Gasteiger partial charge in [0, 0.05) is 107 Å². The molecule has 0 N–H and O–H groups in total. The Balaban J connectivity index is 0.000000146. The number of nitrogens with zero attached hydrogens (tertiary/aromatic N) is 4. The number of hydrogen-bond donors (Lipinski definition) is 0. The van der Waals surface area contributed by atoms with Gasteiger partial charge in [-0.15, -0.1) is 0 Å². The Hall–Kier alpha value is -10.4. The Bertz CT molecular complexity index is 4820. The number of rotatable bonds is 4. The molecule has 88 heavy (non-hydrogen) atoms. The monoisotopic (exact) mass is 1170 g/mol. The van der Waals surface area contributed by atoms with E-state index in [0.717, 1.165) is 127 Å². The molecule has 0 spiro atoms. The second kappa shape index (κ2) is 31.6. The van der Waals surface area contributed by atoms with Crippen molar-refractivity contribution in [2.24, 2.45) is 0 Å². The van der Waals surface area contributed by atoms with Gasteiger partial charge < -0.3 is 17.7 Å². The highest BCUT2D eigenvalue weighted by Crippen LogP contribution is 2.38. The predicted molar refractivity (Wildman–Crippen MR) is 372 cm³/mol. The summed E-state index contributed by atoms with van der Waals surface area (Å²) in [6.07, 6.45) is 11.7. The first-order valence-corrected chi connectivity index (χ1v) is 28.9. The van der Waals surface area contributed by atoms with Gasteiger partial charge in [-0.1, -0.05) is 269 Å². The van der Waals surface area contributed by atoms with Crippen molar-refractivity contribution in [3.05, 3.63) is 268 Å². The van der Waals surface area contributed by atoms with E-state index in [-0.39, 0.29) is 25.7 Å². The Labute approximate surface area is 538 Å². The van der Waals surface area contributed by atoms with Crippen LogP contribution in [0.1, 0.15) is 103 Å². The van der Waals surface area contributed by atoms with E-state index in [1.54, 1.807) is 82.9 Å². The molecule has 0 amide bonds. The van der Waals surface area contributed by atoms with E-state index in [4.69, 9.17) is 39.6 Å². The molecule has 440 valence electrons. The molecule has 0 aliphatic rings. The standard InChI is InChI=1S/4C17H11NO.4C3H8/c1-2-6-12(7-3-1)13-8-4-9-14-15-10-5-11-18-17(15)19-16(13)14;1-2-6-12(7-3-1)14-10-18-11-15-13-8-4-5-9-16(13)19-17(14)15;1-2-6-12(7-3-1)13-10-11-18-16-14-8-4-5-9-15(14)19-17(13)16;1-2-5-12(6-3-1)13-7-4-8-15-14-9-10-18-11-16(14)19-17(13)15;4*1-3-2/h4*1-11H;4*3H2,1-2H3/i4*2D;4*1D3. The molecule has 0 aliphatic carbocycles. The van der Waals surface area contributed by atoms with Crippen molar-refractivity contribution in [2.45, 2.75) is 80.8 Å². The first kappa shape index (κ1) is 44.1. The van der Waals surface area contributed by atoms with Gasteiger partial charge in [-0.25, -0.2) is 4.98 Å². The largest absolute Gasteiger partial charge is 0.455 e. The molecule has 8 heteroatoms. The van der Waals surface area contributed by atoms with E-state index in [9.17, 15) is 0 Å². The summed E-state index contributed by atoms with van der Waals surface area (Å²) in [5.74, 6) is 0. The van der Waals surface area contributed by atoms with E-state index in [1.807, 2.05) is 182 Å². The summed E-state index contributed by atoms with van der Waals surface area (Å²) in [4.78, 5) is 17.1. The third kappa shape index (κ3) is 14.6. The highest BCUT2D eigenvalue weighted by Gasteiger charge is 2.16. The molecule has 0 atom stereocenters. The van der Waals surface area contributed by atoms with Crippen molar-refractivity contribution < 1.29 is 39.6 Å². The summed E-state index contributed by atoms with van der Waals surface area (Å²) in [6.45, 7) is -0.250. The molecule has 0 fully saturated rings. The number of furan rings is 4. The van der Waals surface area contributed by atoms with Gasteiger partial charge in [0.1, 0.15) is 33.4 Å².